The highest BCUT2D eigenvalue weighted by molar-refractivity contribution is 5.93. The van der Waals surface area contributed by atoms with Crippen LogP contribution in [0, 0.1) is 0 Å². The van der Waals surface area contributed by atoms with Gasteiger partial charge in [0.25, 0.3) is 0 Å². The third kappa shape index (κ3) is 3.47. The fourth-order valence-electron chi connectivity index (χ4n) is 2.10. The number of carbonyl (C=O) groups excluding carboxylic acids is 1. The molecule has 0 aliphatic heterocycles. The molecule has 106 valence electrons. The summed E-state index contributed by atoms with van der Waals surface area (Å²) in [5.74, 6) is 0.453. The standard InChI is InChI=1S/C16H20N2O2/c1-3-4-8-13-10-12-7-5-6-9-14(12)16(18-13)17-11-15(19)20-2/h5-7,9-10H,3-4,8,11H2,1-2H3,(H,17,18). The number of unbranched alkanes of at least 4 members (excludes halogenated alkanes) is 1. The lowest BCUT2D eigenvalue weighted by molar-refractivity contribution is -0.138. The molecular formula is C16H20N2O2. The molecule has 4 heteroatoms. The van der Waals surface area contributed by atoms with Gasteiger partial charge in [0.15, 0.2) is 0 Å². The van der Waals surface area contributed by atoms with Crippen LogP contribution >= 0.6 is 0 Å². The molecule has 0 atom stereocenters. The Bertz CT molecular complexity index is 596. The number of rotatable bonds is 6. The van der Waals surface area contributed by atoms with Gasteiger partial charge in [0.2, 0.25) is 0 Å². The van der Waals surface area contributed by atoms with Crippen molar-refractivity contribution in [3.8, 4) is 0 Å². The highest BCUT2D eigenvalue weighted by Crippen LogP contribution is 2.23. The lowest BCUT2D eigenvalue weighted by Gasteiger charge is -2.10. The smallest absolute Gasteiger partial charge is 0.325 e. The van der Waals surface area contributed by atoms with Crippen molar-refractivity contribution < 1.29 is 9.53 Å². The second-order valence-corrected chi connectivity index (χ2v) is 4.72. The van der Waals surface area contributed by atoms with Gasteiger partial charge >= 0.3 is 5.97 Å². The highest BCUT2D eigenvalue weighted by Gasteiger charge is 2.07. The molecule has 0 aliphatic carbocycles. The van der Waals surface area contributed by atoms with Crippen molar-refractivity contribution in [3.63, 3.8) is 0 Å². The molecule has 1 heterocycles. The van der Waals surface area contributed by atoms with Crippen molar-refractivity contribution in [2.45, 2.75) is 26.2 Å². The summed E-state index contributed by atoms with van der Waals surface area (Å²) in [7, 11) is 1.38. The maximum atomic E-state index is 11.3. The van der Waals surface area contributed by atoms with Gasteiger partial charge in [0.1, 0.15) is 12.4 Å². The number of fused-ring (bicyclic) bond motifs is 1. The van der Waals surface area contributed by atoms with Gasteiger partial charge in [-0.3, -0.25) is 4.79 Å². The van der Waals surface area contributed by atoms with Crippen LogP contribution in [0.1, 0.15) is 25.5 Å². The number of aryl methyl sites for hydroxylation is 1. The van der Waals surface area contributed by atoms with Crippen LogP contribution < -0.4 is 5.32 Å². The first-order chi connectivity index (χ1) is 9.74. The Kier molecular flexibility index (Phi) is 4.93. The van der Waals surface area contributed by atoms with Crippen LogP contribution in [0.3, 0.4) is 0 Å². The van der Waals surface area contributed by atoms with E-state index in [9.17, 15) is 4.79 Å². The average molecular weight is 272 g/mol. The van der Waals surface area contributed by atoms with Gasteiger partial charge in [-0.25, -0.2) is 4.98 Å². The number of esters is 1. The van der Waals surface area contributed by atoms with Gasteiger partial charge in [-0.1, -0.05) is 37.6 Å². The first-order valence-electron chi connectivity index (χ1n) is 6.94. The number of hydrogen-bond acceptors (Lipinski definition) is 4. The number of aromatic nitrogens is 1. The number of methoxy groups -OCH3 is 1. The Labute approximate surface area is 119 Å². The summed E-state index contributed by atoms with van der Waals surface area (Å²) in [5, 5.41) is 5.23. The molecule has 4 nitrogen and oxygen atoms in total. The minimum absolute atomic E-state index is 0.130. The van der Waals surface area contributed by atoms with Crippen LogP contribution in [-0.2, 0) is 16.0 Å². The summed E-state index contributed by atoms with van der Waals surface area (Å²) < 4.78 is 4.65. The zero-order chi connectivity index (χ0) is 14.4. The Balaban J connectivity index is 2.31. The molecule has 0 spiro atoms. The molecule has 20 heavy (non-hydrogen) atoms. The van der Waals surface area contributed by atoms with E-state index in [0.29, 0.717) is 0 Å². The van der Waals surface area contributed by atoms with E-state index in [0.717, 1.165) is 41.5 Å². The minimum atomic E-state index is -0.296. The van der Waals surface area contributed by atoms with Crippen molar-refractivity contribution >= 4 is 22.6 Å². The topological polar surface area (TPSA) is 51.2 Å². The van der Waals surface area contributed by atoms with Crippen molar-refractivity contribution in [1.29, 1.82) is 0 Å². The second kappa shape index (κ2) is 6.89. The molecule has 2 rings (SSSR count). The molecule has 1 N–H and O–H groups in total. The number of carbonyl (C=O) groups is 1. The lowest BCUT2D eigenvalue weighted by atomic mass is 10.1. The molecule has 2 aromatic rings. The van der Waals surface area contributed by atoms with Crippen LogP contribution in [0.5, 0.6) is 0 Å². The Hall–Kier alpha value is -2.10. The van der Waals surface area contributed by atoms with Gasteiger partial charge in [-0.2, -0.15) is 0 Å². The van der Waals surface area contributed by atoms with Gasteiger partial charge in [-0.05, 0) is 24.3 Å². The van der Waals surface area contributed by atoms with Gasteiger partial charge in [-0.15, -0.1) is 0 Å². The van der Waals surface area contributed by atoms with E-state index in [4.69, 9.17) is 0 Å². The zero-order valence-corrected chi connectivity index (χ0v) is 12.0. The van der Waals surface area contributed by atoms with Crippen molar-refractivity contribution in [1.82, 2.24) is 4.98 Å². The van der Waals surface area contributed by atoms with E-state index < -0.39 is 0 Å². The fraction of sp³-hybridized carbons (Fsp3) is 0.375. The molecule has 0 bridgehead atoms. The van der Waals surface area contributed by atoms with Crippen LogP contribution in [0.4, 0.5) is 5.82 Å². The monoisotopic (exact) mass is 272 g/mol. The summed E-state index contributed by atoms with van der Waals surface area (Å²) in [6.07, 6.45) is 3.20. The predicted molar refractivity (Wildman–Crippen MR) is 80.9 cm³/mol. The van der Waals surface area contributed by atoms with Crippen molar-refractivity contribution in [2.24, 2.45) is 0 Å². The van der Waals surface area contributed by atoms with Crippen molar-refractivity contribution in [3.05, 3.63) is 36.0 Å². The second-order valence-electron chi connectivity index (χ2n) is 4.72. The third-order valence-corrected chi connectivity index (χ3v) is 3.21. The summed E-state index contributed by atoms with van der Waals surface area (Å²) in [6.45, 7) is 2.29. The molecule has 1 aromatic heterocycles. The van der Waals surface area contributed by atoms with E-state index >= 15 is 0 Å². The van der Waals surface area contributed by atoms with Crippen LogP contribution in [0.15, 0.2) is 30.3 Å². The quantitative estimate of drug-likeness (QED) is 0.821. The molecule has 0 amide bonds. The summed E-state index contributed by atoms with van der Waals surface area (Å²) in [5.41, 5.74) is 1.05. The van der Waals surface area contributed by atoms with Crippen LogP contribution in [0.2, 0.25) is 0 Å². The van der Waals surface area contributed by atoms with E-state index in [1.807, 2.05) is 18.2 Å². The fourth-order valence-corrected chi connectivity index (χ4v) is 2.10. The Morgan fingerprint density at radius 2 is 2.15 bits per heavy atom. The van der Waals surface area contributed by atoms with Crippen LogP contribution in [-0.4, -0.2) is 24.6 Å². The average Bonchev–Trinajstić information content (AvgIpc) is 2.50. The van der Waals surface area contributed by atoms with E-state index in [1.54, 1.807) is 0 Å². The molecule has 0 fully saturated rings. The summed E-state index contributed by atoms with van der Waals surface area (Å²) in [4.78, 5) is 15.9. The Morgan fingerprint density at radius 3 is 2.90 bits per heavy atom. The molecule has 0 saturated carbocycles. The van der Waals surface area contributed by atoms with E-state index in [1.165, 1.54) is 7.11 Å². The maximum absolute atomic E-state index is 11.3. The minimum Gasteiger partial charge on any atom is -0.468 e. The van der Waals surface area contributed by atoms with Gasteiger partial charge in [0.05, 0.1) is 7.11 Å². The van der Waals surface area contributed by atoms with E-state index in [2.05, 4.69) is 34.1 Å². The molecular weight excluding hydrogens is 252 g/mol. The molecule has 0 aliphatic rings. The first kappa shape index (κ1) is 14.3. The van der Waals surface area contributed by atoms with Gasteiger partial charge < -0.3 is 10.1 Å². The largest absolute Gasteiger partial charge is 0.468 e. The number of hydrogen-bond donors (Lipinski definition) is 1. The number of pyridine rings is 1. The number of ether oxygens (including phenoxy) is 1. The summed E-state index contributed by atoms with van der Waals surface area (Å²) >= 11 is 0. The highest BCUT2D eigenvalue weighted by atomic mass is 16.5. The molecule has 0 radical (unpaired) electrons. The molecule has 0 unspecified atom stereocenters. The first-order valence-corrected chi connectivity index (χ1v) is 6.94. The number of anilines is 1. The maximum Gasteiger partial charge on any atom is 0.325 e. The number of benzene rings is 1. The lowest BCUT2D eigenvalue weighted by Crippen LogP contribution is -2.16. The molecule has 0 saturated heterocycles. The van der Waals surface area contributed by atoms with Gasteiger partial charge in [0, 0.05) is 11.1 Å². The zero-order valence-electron chi connectivity index (χ0n) is 12.0. The molecule has 1 aromatic carbocycles. The summed E-state index contributed by atoms with van der Waals surface area (Å²) in [6, 6.07) is 10.2. The predicted octanol–water partition coefficient (Wildman–Crippen LogP) is 3.16. The van der Waals surface area contributed by atoms with E-state index in [-0.39, 0.29) is 12.5 Å². The number of nitrogens with zero attached hydrogens (tertiary/aromatic N) is 1. The number of nitrogens with one attached hydrogen (secondary N) is 1. The van der Waals surface area contributed by atoms with Crippen LogP contribution in [0.25, 0.3) is 10.8 Å². The normalized spacial score (nSPS) is 10.5. The Morgan fingerprint density at radius 1 is 1.35 bits per heavy atom. The SMILES string of the molecule is CCCCc1cc2ccccc2c(NCC(=O)OC)n1. The van der Waals surface area contributed by atoms with Crippen molar-refractivity contribution in [2.75, 3.05) is 19.0 Å². The third-order valence-electron chi connectivity index (χ3n) is 3.21.